The van der Waals surface area contributed by atoms with Gasteiger partial charge in [-0.1, -0.05) is 12.1 Å². The molecule has 5 nitrogen and oxygen atoms in total. The largest absolute Gasteiger partial charge is 0.299 e. The van der Waals surface area contributed by atoms with Gasteiger partial charge in [0.05, 0.1) is 5.56 Å². The molecule has 0 saturated heterocycles. The fourth-order valence-electron chi connectivity index (χ4n) is 2.92. The summed E-state index contributed by atoms with van der Waals surface area (Å²) in [6.07, 6.45) is 2.67. The Hall–Kier alpha value is -1.69. The highest BCUT2D eigenvalue weighted by Gasteiger charge is 2.41. The van der Waals surface area contributed by atoms with Crippen molar-refractivity contribution in [1.82, 2.24) is 4.31 Å². The number of hydrogen-bond acceptors (Lipinski definition) is 4. The van der Waals surface area contributed by atoms with Crippen LogP contribution in [0.15, 0.2) is 29.2 Å². The summed E-state index contributed by atoms with van der Waals surface area (Å²) in [5.74, 6) is -0.390. The van der Waals surface area contributed by atoms with Gasteiger partial charge in [-0.3, -0.25) is 9.59 Å². The first-order valence-corrected chi connectivity index (χ1v) is 8.14. The molecule has 0 aromatic heterocycles. The van der Waals surface area contributed by atoms with Gasteiger partial charge < -0.3 is 0 Å². The molecule has 1 unspecified atom stereocenters. The van der Waals surface area contributed by atoms with Crippen LogP contribution >= 0.6 is 0 Å². The first-order chi connectivity index (χ1) is 9.51. The van der Waals surface area contributed by atoms with Crippen LogP contribution in [0, 0.1) is 5.92 Å². The second kappa shape index (κ2) is 4.70. The lowest BCUT2D eigenvalue weighted by Gasteiger charge is -2.16. The molecule has 6 heteroatoms. The lowest BCUT2D eigenvalue weighted by molar-refractivity contribution is -0.120. The molecule has 3 rings (SSSR count). The minimum Gasteiger partial charge on any atom is -0.299 e. The number of fused-ring (bicyclic) bond motifs is 1. The number of carbonyl (C=O) groups excluding carboxylic acids is 2. The Kier molecular flexibility index (Phi) is 3.12. The molecule has 0 bridgehead atoms. The molecule has 106 valence electrons. The summed E-state index contributed by atoms with van der Waals surface area (Å²) >= 11 is 0. The minimum absolute atomic E-state index is 0.0720. The molecule has 1 amide bonds. The normalized spacial score (nSPS) is 24.2. The van der Waals surface area contributed by atoms with Crippen molar-refractivity contribution in [2.24, 2.45) is 5.92 Å². The first kappa shape index (κ1) is 13.3. The topological polar surface area (TPSA) is 71.5 Å². The van der Waals surface area contributed by atoms with Gasteiger partial charge in [0.25, 0.3) is 15.9 Å². The number of carbonyl (C=O) groups is 2. The maximum Gasteiger partial charge on any atom is 0.269 e. The number of sulfonamides is 1. The van der Waals surface area contributed by atoms with E-state index in [-0.39, 0.29) is 28.7 Å². The number of hydrogen-bond donors (Lipinski definition) is 0. The fraction of sp³-hybridized carbons (Fsp3) is 0.429. The summed E-state index contributed by atoms with van der Waals surface area (Å²) < 4.78 is 25.5. The van der Waals surface area contributed by atoms with E-state index in [9.17, 15) is 18.0 Å². The van der Waals surface area contributed by atoms with Crippen LogP contribution in [-0.2, 0) is 14.8 Å². The third-order valence-corrected chi connectivity index (χ3v) is 5.86. The second-order valence-corrected chi connectivity index (χ2v) is 7.05. The van der Waals surface area contributed by atoms with E-state index in [0.29, 0.717) is 12.8 Å². The van der Waals surface area contributed by atoms with Crippen molar-refractivity contribution in [2.45, 2.75) is 30.6 Å². The van der Waals surface area contributed by atoms with Crippen LogP contribution in [-0.4, -0.2) is 31.0 Å². The summed E-state index contributed by atoms with van der Waals surface area (Å²) in [5, 5.41) is 0. The molecule has 1 aromatic carbocycles. The number of ketones is 1. The van der Waals surface area contributed by atoms with E-state index in [1.165, 1.54) is 12.1 Å². The lowest BCUT2D eigenvalue weighted by atomic mass is 10.0. The van der Waals surface area contributed by atoms with Gasteiger partial charge in [0.1, 0.15) is 10.7 Å². The van der Waals surface area contributed by atoms with Gasteiger partial charge in [0.2, 0.25) is 0 Å². The molecule has 1 saturated carbocycles. The van der Waals surface area contributed by atoms with Gasteiger partial charge in [-0.2, -0.15) is 0 Å². The fourth-order valence-corrected chi connectivity index (χ4v) is 4.50. The Balaban J connectivity index is 1.82. The molecule has 1 aliphatic heterocycles. The summed E-state index contributed by atoms with van der Waals surface area (Å²) in [6, 6.07) is 6.23. The third kappa shape index (κ3) is 1.95. The maximum atomic E-state index is 12.3. The average Bonchev–Trinajstić information content (AvgIpc) is 2.91. The highest BCUT2D eigenvalue weighted by Crippen LogP contribution is 2.32. The predicted molar refractivity (Wildman–Crippen MR) is 71.6 cm³/mol. The smallest absolute Gasteiger partial charge is 0.269 e. The second-order valence-electron chi connectivity index (χ2n) is 5.22. The van der Waals surface area contributed by atoms with Crippen molar-refractivity contribution < 1.29 is 18.0 Å². The highest BCUT2D eigenvalue weighted by molar-refractivity contribution is 7.90. The van der Waals surface area contributed by atoms with Crippen molar-refractivity contribution in [3.8, 4) is 0 Å². The average molecular weight is 293 g/mol. The Morgan fingerprint density at radius 3 is 2.60 bits per heavy atom. The summed E-state index contributed by atoms with van der Waals surface area (Å²) in [7, 11) is -3.73. The van der Waals surface area contributed by atoms with Gasteiger partial charge in [0.15, 0.2) is 0 Å². The van der Waals surface area contributed by atoms with Gasteiger partial charge in [-0.25, -0.2) is 12.7 Å². The van der Waals surface area contributed by atoms with E-state index < -0.39 is 15.9 Å². The Morgan fingerprint density at radius 2 is 1.95 bits per heavy atom. The SMILES string of the molecule is O=C1CCCC1CCN1C(=O)c2ccccc2S1(=O)=O. The van der Waals surface area contributed by atoms with Crippen LogP contribution in [0.5, 0.6) is 0 Å². The van der Waals surface area contributed by atoms with Gasteiger partial charge >= 0.3 is 0 Å². The summed E-state index contributed by atoms with van der Waals surface area (Å²) in [6.45, 7) is 0.0895. The van der Waals surface area contributed by atoms with E-state index in [2.05, 4.69) is 0 Å². The Bertz CT molecular complexity index is 680. The Labute approximate surface area is 117 Å². The summed E-state index contributed by atoms with van der Waals surface area (Å²) in [5.41, 5.74) is 0.227. The van der Waals surface area contributed by atoms with Crippen molar-refractivity contribution in [1.29, 1.82) is 0 Å². The van der Waals surface area contributed by atoms with Crippen LogP contribution < -0.4 is 0 Å². The van der Waals surface area contributed by atoms with Crippen LogP contribution in [0.25, 0.3) is 0 Å². The molecule has 1 aliphatic carbocycles. The van der Waals surface area contributed by atoms with E-state index in [1.54, 1.807) is 12.1 Å². The van der Waals surface area contributed by atoms with Crippen LogP contribution in [0.1, 0.15) is 36.0 Å². The third-order valence-electron chi connectivity index (χ3n) is 4.02. The summed E-state index contributed by atoms with van der Waals surface area (Å²) in [4.78, 5) is 23.8. The molecule has 1 aromatic rings. The molecule has 0 N–H and O–H groups in total. The quantitative estimate of drug-likeness (QED) is 0.848. The van der Waals surface area contributed by atoms with E-state index in [0.717, 1.165) is 17.1 Å². The van der Waals surface area contributed by atoms with E-state index in [1.807, 2.05) is 0 Å². The van der Waals surface area contributed by atoms with Crippen molar-refractivity contribution >= 4 is 21.7 Å². The standard InChI is InChI=1S/C14H15NO4S/c16-12-6-3-4-10(12)8-9-15-14(17)11-5-1-2-7-13(11)20(15,18)19/h1-2,5,7,10H,3-4,6,8-9H2. The molecule has 0 radical (unpaired) electrons. The van der Waals surface area contributed by atoms with Crippen LogP contribution in [0.4, 0.5) is 0 Å². The predicted octanol–water partition coefficient (Wildman–Crippen LogP) is 1.59. The number of benzene rings is 1. The number of Topliss-reactive ketones (excluding diaryl/α,β-unsaturated/α-hetero) is 1. The van der Waals surface area contributed by atoms with Crippen LogP contribution in [0.3, 0.4) is 0 Å². The molecule has 1 fully saturated rings. The molecular formula is C14H15NO4S. The van der Waals surface area contributed by atoms with Gasteiger partial charge in [-0.15, -0.1) is 0 Å². The van der Waals surface area contributed by atoms with Gasteiger partial charge in [-0.05, 0) is 31.4 Å². The molecule has 0 spiro atoms. The first-order valence-electron chi connectivity index (χ1n) is 6.70. The zero-order valence-electron chi connectivity index (χ0n) is 10.9. The lowest BCUT2D eigenvalue weighted by Crippen LogP contribution is -2.32. The molecule has 2 aliphatic rings. The van der Waals surface area contributed by atoms with Crippen molar-refractivity contribution in [3.05, 3.63) is 29.8 Å². The highest BCUT2D eigenvalue weighted by atomic mass is 32.2. The van der Waals surface area contributed by atoms with E-state index in [4.69, 9.17) is 0 Å². The Morgan fingerprint density at radius 1 is 1.20 bits per heavy atom. The van der Waals surface area contributed by atoms with Gasteiger partial charge in [0, 0.05) is 18.9 Å². The zero-order chi connectivity index (χ0) is 14.3. The minimum atomic E-state index is -3.73. The zero-order valence-corrected chi connectivity index (χ0v) is 11.7. The number of nitrogens with zero attached hydrogens (tertiary/aromatic N) is 1. The van der Waals surface area contributed by atoms with Crippen molar-refractivity contribution in [3.63, 3.8) is 0 Å². The number of rotatable bonds is 3. The monoisotopic (exact) mass is 293 g/mol. The molecule has 20 heavy (non-hydrogen) atoms. The molecular weight excluding hydrogens is 278 g/mol. The molecule has 1 heterocycles. The van der Waals surface area contributed by atoms with E-state index >= 15 is 0 Å². The van der Waals surface area contributed by atoms with Crippen molar-refractivity contribution in [2.75, 3.05) is 6.54 Å². The maximum absolute atomic E-state index is 12.3. The molecule has 1 atom stereocenters. The number of amides is 1. The van der Waals surface area contributed by atoms with Crippen LogP contribution in [0.2, 0.25) is 0 Å².